The van der Waals surface area contributed by atoms with Gasteiger partial charge in [0.15, 0.2) is 0 Å². The molecule has 0 amide bonds. The lowest BCUT2D eigenvalue weighted by atomic mass is 10.2. The first-order valence-corrected chi connectivity index (χ1v) is 20.3. The summed E-state index contributed by atoms with van der Waals surface area (Å²) >= 11 is 5.65. The predicted octanol–water partition coefficient (Wildman–Crippen LogP) is 4.96. The van der Waals surface area contributed by atoms with Crippen LogP contribution in [0.1, 0.15) is 38.5 Å². The van der Waals surface area contributed by atoms with Crippen LogP contribution in [-0.2, 0) is 61.6 Å². The number of benzene rings is 1. The third-order valence-electron chi connectivity index (χ3n) is 7.23. The van der Waals surface area contributed by atoms with Gasteiger partial charge in [-0.3, -0.25) is 14.9 Å². The zero-order valence-corrected chi connectivity index (χ0v) is 34.5. The van der Waals surface area contributed by atoms with Crippen LogP contribution in [0.4, 0.5) is 10.5 Å². The van der Waals surface area contributed by atoms with Crippen molar-refractivity contribution in [3.05, 3.63) is 46.5 Å². The molecule has 1 rings (SSSR count). The van der Waals surface area contributed by atoms with Crippen LogP contribution >= 0.6 is 11.6 Å². The Bertz CT molecular complexity index is 1130. The fourth-order valence-electron chi connectivity index (χ4n) is 4.28. The molecule has 0 saturated carbocycles. The predicted molar refractivity (Wildman–Crippen MR) is 212 cm³/mol. The van der Waals surface area contributed by atoms with Gasteiger partial charge in [-0.15, -0.1) is 11.6 Å². The molecule has 0 aromatic heterocycles. The molecule has 0 radical (unpaired) electrons. The number of hydrogen-bond donors (Lipinski definition) is 0. The number of alkyl halides is 1. The lowest BCUT2D eigenvalue weighted by molar-refractivity contribution is -0.384. The number of ether oxygens (including phenoxy) is 13. The minimum atomic E-state index is -0.931. The number of rotatable bonds is 43. The van der Waals surface area contributed by atoms with Crippen molar-refractivity contribution >= 4 is 29.4 Å². The fraction of sp³-hybridized carbons (Fsp3) is 0.744. The molecule has 1 aromatic rings. The van der Waals surface area contributed by atoms with Crippen LogP contribution in [0.2, 0.25) is 0 Å². The number of halogens is 1. The van der Waals surface area contributed by atoms with Gasteiger partial charge in [-0.05, 0) is 31.4 Å². The van der Waals surface area contributed by atoms with E-state index in [1.165, 1.54) is 24.3 Å². The molecule has 0 bridgehead atoms. The molecule has 0 fully saturated rings. The summed E-state index contributed by atoms with van der Waals surface area (Å²) in [5.74, 6) is 0.591. The fourth-order valence-corrected chi connectivity index (χ4v) is 4.47. The summed E-state index contributed by atoms with van der Waals surface area (Å²) in [5, 5.41) is 10.6. The van der Waals surface area contributed by atoms with E-state index in [1.807, 2.05) is 12.2 Å². The van der Waals surface area contributed by atoms with Gasteiger partial charge in [-0.1, -0.05) is 25.0 Å². The van der Waals surface area contributed by atoms with Crippen LogP contribution in [0.3, 0.4) is 0 Å². The summed E-state index contributed by atoms with van der Waals surface area (Å²) in [7, 11) is 0. The molecule has 0 spiro atoms. The molecule has 0 N–H and O–H groups in total. The first-order valence-electron chi connectivity index (χ1n) is 19.8. The lowest BCUT2D eigenvalue weighted by Gasteiger charge is -2.08. The van der Waals surface area contributed by atoms with Crippen molar-refractivity contribution < 1.29 is 76.1 Å². The van der Waals surface area contributed by atoms with E-state index in [4.69, 9.17) is 73.2 Å². The molecule has 58 heavy (non-hydrogen) atoms. The number of nitrogens with zero attached hydrogens (tertiary/aromatic N) is 1. The molecule has 334 valence electrons. The zero-order valence-electron chi connectivity index (χ0n) is 33.7. The summed E-state index contributed by atoms with van der Waals surface area (Å²) < 4.78 is 69.4. The van der Waals surface area contributed by atoms with Crippen LogP contribution in [-0.4, -0.2) is 168 Å². The van der Waals surface area contributed by atoms with Gasteiger partial charge in [0.05, 0.1) is 124 Å². The van der Waals surface area contributed by atoms with Gasteiger partial charge < -0.3 is 61.6 Å². The SMILES string of the molecule is O=C(CCCOCCOCCCCCCCl)OCCOCCOCCOCCOC/C=C/COCCOCCOCCOCCOC(=O)Oc1ccc([N+](=O)[O-])cc1. The van der Waals surface area contributed by atoms with Crippen molar-refractivity contribution in [1.82, 2.24) is 0 Å². The highest BCUT2D eigenvalue weighted by atomic mass is 35.5. The van der Waals surface area contributed by atoms with Gasteiger partial charge in [-0.25, -0.2) is 4.79 Å². The van der Waals surface area contributed by atoms with Gasteiger partial charge in [-0.2, -0.15) is 0 Å². The highest BCUT2D eigenvalue weighted by molar-refractivity contribution is 6.17. The van der Waals surface area contributed by atoms with E-state index in [-0.39, 0.29) is 37.2 Å². The molecular formula is C39H64ClNO17. The smallest absolute Gasteiger partial charge is 0.463 e. The molecule has 0 atom stereocenters. The Morgan fingerprint density at radius 1 is 0.500 bits per heavy atom. The lowest BCUT2D eigenvalue weighted by Crippen LogP contribution is -2.16. The van der Waals surface area contributed by atoms with Gasteiger partial charge in [0, 0.05) is 37.6 Å². The van der Waals surface area contributed by atoms with Crippen molar-refractivity contribution in [1.29, 1.82) is 0 Å². The van der Waals surface area contributed by atoms with Gasteiger partial charge >= 0.3 is 12.1 Å². The second kappa shape index (κ2) is 42.1. The van der Waals surface area contributed by atoms with E-state index >= 15 is 0 Å². The monoisotopic (exact) mass is 853 g/mol. The molecule has 0 aliphatic heterocycles. The standard InChI is InChI=1S/C39H64ClNO17/c40-13-3-1-2-4-14-46-18-19-49-17-7-8-38(42)56-34-32-54-30-28-52-26-24-50-22-20-47-15-5-6-16-48-21-23-51-25-27-53-29-31-55-33-35-57-39(43)58-37-11-9-36(10-12-37)41(44)45/h5-6,9-12H,1-4,7-8,13-35H2/b6-5+. The normalized spacial score (nSPS) is 11.3. The Kier molecular flexibility index (Phi) is 38.5. The number of esters is 1. The Hall–Kier alpha value is -3.01. The highest BCUT2D eigenvalue weighted by Gasteiger charge is 2.09. The van der Waals surface area contributed by atoms with Crippen LogP contribution in [0.5, 0.6) is 5.75 Å². The van der Waals surface area contributed by atoms with Gasteiger partial charge in [0.2, 0.25) is 0 Å². The minimum absolute atomic E-state index is 0.0135. The Balaban J connectivity index is 1.70. The first-order chi connectivity index (χ1) is 28.5. The maximum atomic E-state index is 11.8. The largest absolute Gasteiger partial charge is 0.513 e. The first kappa shape index (κ1) is 53.0. The number of non-ortho nitro benzene ring substituents is 1. The molecule has 0 heterocycles. The van der Waals surface area contributed by atoms with Crippen LogP contribution < -0.4 is 4.74 Å². The minimum Gasteiger partial charge on any atom is -0.463 e. The zero-order chi connectivity index (χ0) is 41.8. The van der Waals surface area contributed by atoms with Crippen molar-refractivity contribution in [3.63, 3.8) is 0 Å². The van der Waals surface area contributed by atoms with Crippen LogP contribution in [0.15, 0.2) is 36.4 Å². The van der Waals surface area contributed by atoms with E-state index in [9.17, 15) is 19.7 Å². The molecule has 19 heteroatoms. The molecular weight excluding hydrogens is 790 g/mol. The van der Waals surface area contributed by atoms with Crippen molar-refractivity contribution in [3.8, 4) is 5.75 Å². The summed E-state index contributed by atoms with van der Waals surface area (Å²) in [6.07, 6.45) is 8.10. The maximum absolute atomic E-state index is 11.8. The number of nitro groups is 1. The van der Waals surface area contributed by atoms with Gasteiger partial charge in [0.25, 0.3) is 5.69 Å². The summed E-state index contributed by atoms with van der Waals surface area (Å²) in [6, 6.07) is 5.06. The third-order valence-corrected chi connectivity index (χ3v) is 7.50. The quantitative estimate of drug-likeness (QED) is 0.0162. The van der Waals surface area contributed by atoms with E-state index in [1.54, 1.807) is 0 Å². The van der Waals surface area contributed by atoms with Gasteiger partial charge in [0.1, 0.15) is 19.0 Å². The Labute approximate surface area is 347 Å². The van der Waals surface area contributed by atoms with Crippen molar-refractivity contribution in [2.75, 3.05) is 151 Å². The number of unbranched alkanes of at least 4 members (excludes halogenated alkanes) is 3. The number of hydrogen-bond acceptors (Lipinski definition) is 17. The topological polar surface area (TPSA) is 197 Å². The molecule has 18 nitrogen and oxygen atoms in total. The van der Waals surface area contributed by atoms with Crippen molar-refractivity contribution in [2.45, 2.75) is 38.5 Å². The van der Waals surface area contributed by atoms with E-state index < -0.39 is 11.1 Å². The molecule has 0 unspecified atom stereocenters. The van der Waals surface area contributed by atoms with E-state index in [2.05, 4.69) is 0 Å². The van der Waals surface area contributed by atoms with E-state index in [0.717, 1.165) is 38.2 Å². The second-order valence-electron chi connectivity index (χ2n) is 11.9. The summed E-state index contributed by atoms with van der Waals surface area (Å²) in [4.78, 5) is 33.5. The summed E-state index contributed by atoms with van der Waals surface area (Å²) in [6.45, 7) is 8.92. The average Bonchev–Trinajstić information content (AvgIpc) is 3.22. The Morgan fingerprint density at radius 2 is 0.897 bits per heavy atom. The number of carbonyl (C=O) groups excluding carboxylic acids is 2. The molecule has 0 aliphatic rings. The van der Waals surface area contributed by atoms with Crippen LogP contribution in [0.25, 0.3) is 0 Å². The van der Waals surface area contributed by atoms with Crippen LogP contribution in [0, 0.1) is 10.1 Å². The Morgan fingerprint density at radius 3 is 1.36 bits per heavy atom. The van der Waals surface area contributed by atoms with Crippen molar-refractivity contribution in [2.24, 2.45) is 0 Å². The molecule has 0 saturated heterocycles. The third kappa shape index (κ3) is 37.3. The average molecular weight is 854 g/mol. The molecule has 0 aliphatic carbocycles. The second-order valence-corrected chi connectivity index (χ2v) is 12.3. The number of carbonyl (C=O) groups is 2. The maximum Gasteiger partial charge on any atom is 0.513 e. The van der Waals surface area contributed by atoms with E-state index in [0.29, 0.717) is 132 Å². The summed E-state index contributed by atoms with van der Waals surface area (Å²) in [5.41, 5.74) is -0.109. The highest BCUT2D eigenvalue weighted by Crippen LogP contribution is 2.17. The molecule has 1 aromatic carbocycles. The number of nitro benzene ring substituents is 1.